The van der Waals surface area contributed by atoms with Crippen LogP contribution >= 0.6 is 0 Å². The molecule has 0 spiro atoms. The molecule has 1 atom stereocenters. The molecule has 134 valence electrons. The molecule has 3 rings (SSSR count). The van der Waals surface area contributed by atoms with Gasteiger partial charge in [0, 0.05) is 44.9 Å². The van der Waals surface area contributed by atoms with Crippen molar-refractivity contribution >= 4 is 5.91 Å². The van der Waals surface area contributed by atoms with E-state index in [1.807, 2.05) is 25.1 Å². The molecule has 7 nitrogen and oxygen atoms in total. The average Bonchev–Trinajstić information content (AvgIpc) is 3.19. The summed E-state index contributed by atoms with van der Waals surface area (Å²) in [6.45, 7) is 7.89. The van der Waals surface area contributed by atoms with Crippen LogP contribution in [0.2, 0.25) is 0 Å². The summed E-state index contributed by atoms with van der Waals surface area (Å²) < 4.78 is 4.13. The number of aryl methyl sites for hydroxylation is 1. The number of aromatic nitrogens is 5. The predicted octanol–water partition coefficient (Wildman–Crippen LogP) is 2.04. The van der Waals surface area contributed by atoms with E-state index in [1.165, 1.54) is 0 Å². The maximum absolute atomic E-state index is 12.3. The van der Waals surface area contributed by atoms with Gasteiger partial charge in [-0.15, -0.1) is 16.8 Å². The number of hydrogen-bond acceptors (Lipinski definition) is 4. The molecule has 0 aliphatic carbocycles. The lowest BCUT2D eigenvalue weighted by atomic mass is 9.96. The number of likely N-dealkylation sites (tertiary alicyclic amines) is 1. The van der Waals surface area contributed by atoms with Gasteiger partial charge >= 0.3 is 0 Å². The van der Waals surface area contributed by atoms with Gasteiger partial charge in [-0.25, -0.2) is 4.98 Å². The molecule has 1 saturated heterocycles. The normalized spacial score (nSPS) is 17.7. The number of carbonyl (C=O) groups excluding carboxylic acids is 1. The number of piperidine rings is 1. The number of rotatable bonds is 6. The highest BCUT2D eigenvalue weighted by Gasteiger charge is 2.28. The van der Waals surface area contributed by atoms with Crippen LogP contribution in [0.3, 0.4) is 0 Å². The van der Waals surface area contributed by atoms with E-state index in [1.54, 1.807) is 12.3 Å². The van der Waals surface area contributed by atoms with Crippen molar-refractivity contribution in [3.63, 3.8) is 0 Å². The van der Waals surface area contributed by atoms with E-state index in [-0.39, 0.29) is 11.8 Å². The molecule has 1 fully saturated rings. The Morgan fingerprint density at radius 2 is 2.28 bits per heavy atom. The second kappa shape index (κ2) is 7.63. The van der Waals surface area contributed by atoms with Crippen LogP contribution in [-0.2, 0) is 18.4 Å². The van der Waals surface area contributed by atoms with Crippen molar-refractivity contribution in [2.75, 3.05) is 13.1 Å². The minimum Gasteiger partial charge on any atom is -0.342 e. The molecule has 25 heavy (non-hydrogen) atoms. The fraction of sp³-hybridized carbons (Fsp3) is 0.556. The number of imidazole rings is 1. The van der Waals surface area contributed by atoms with Crippen molar-refractivity contribution in [2.24, 2.45) is 7.05 Å². The van der Waals surface area contributed by atoms with E-state index in [0.29, 0.717) is 13.0 Å². The van der Waals surface area contributed by atoms with E-state index in [0.717, 1.165) is 49.8 Å². The molecule has 1 aliphatic heterocycles. The second-order valence-corrected chi connectivity index (χ2v) is 6.64. The Labute approximate surface area is 148 Å². The van der Waals surface area contributed by atoms with E-state index in [4.69, 9.17) is 0 Å². The van der Waals surface area contributed by atoms with E-state index < -0.39 is 0 Å². The first-order valence-corrected chi connectivity index (χ1v) is 8.84. The van der Waals surface area contributed by atoms with Gasteiger partial charge in [-0.1, -0.05) is 6.08 Å². The zero-order valence-corrected chi connectivity index (χ0v) is 15.1. The predicted molar refractivity (Wildman–Crippen MR) is 95.1 cm³/mol. The van der Waals surface area contributed by atoms with Crippen molar-refractivity contribution < 1.29 is 4.79 Å². The summed E-state index contributed by atoms with van der Waals surface area (Å²) in [4.78, 5) is 18.5. The average molecular weight is 342 g/mol. The maximum Gasteiger partial charge on any atom is 0.222 e. The molecule has 0 radical (unpaired) electrons. The largest absolute Gasteiger partial charge is 0.342 e. The summed E-state index contributed by atoms with van der Waals surface area (Å²) in [6.07, 6.45) is 8.87. The van der Waals surface area contributed by atoms with Crippen LogP contribution in [0.1, 0.15) is 49.1 Å². The quantitative estimate of drug-likeness (QED) is 0.753. The van der Waals surface area contributed by atoms with E-state index in [9.17, 15) is 4.79 Å². The third-order valence-electron chi connectivity index (χ3n) is 4.94. The monoisotopic (exact) mass is 342 g/mol. The van der Waals surface area contributed by atoms with E-state index >= 15 is 0 Å². The van der Waals surface area contributed by atoms with Gasteiger partial charge in [0.15, 0.2) is 5.82 Å². The highest BCUT2D eigenvalue weighted by atomic mass is 16.2. The summed E-state index contributed by atoms with van der Waals surface area (Å²) in [5.74, 6) is 3.29. The van der Waals surface area contributed by atoms with Gasteiger partial charge in [0.25, 0.3) is 0 Å². The Morgan fingerprint density at radius 3 is 3.00 bits per heavy atom. The van der Waals surface area contributed by atoms with Crippen LogP contribution in [-0.4, -0.2) is 48.2 Å². The molecule has 1 aliphatic rings. The molecule has 0 aromatic carbocycles. The minimum atomic E-state index is 0.209. The Kier molecular flexibility index (Phi) is 5.31. The Hall–Kier alpha value is -2.44. The number of amides is 1. The Bertz CT molecular complexity index is 747. The molecular formula is C18H26N6O. The highest BCUT2D eigenvalue weighted by molar-refractivity contribution is 5.76. The number of nitrogens with zero attached hydrogens (tertiary/aromatic N) is 6. The van der Waals surface area contributed by atoms with Gasteiger partial charge in [-0.05, 0) is 26.2 Å². The Balaban J connectivity index is 1.70. The Morgan fingerprint density at radius 1 is 1.44 bits per heavy atom. The molecule has 0 saturated carbocycles. The third kappa shape index (κ3) is 3.81. The molecule has 0 bridgehead atoms. The van der Waals surface area contributed by atoms with Gasteiger partial charge in [0.1, 0.15) is 11.6 Å². The molecule has 2 aromatic rings. The molecule has 1 amide bonds. The van der Waals surface area contributed by atoms with Crippen LogP contribution in [0.4, 0.5) is 0 Å². The summed E-state index contributed by atoms with van der Waals surface area (Å²) in [7, 11) is 2.01. The lowest BCUT2D eigenvalue weighted by Crippen LogP contribution is -2.39. The zero-order chi connectivity index (χ0) is 17.8. The number of hydrogen-bond donors (Lipinski definition) is 0. The summed E-state index contributed by atoms with van der Waals surface area (Å²) >= 11 is 0. The van der Waals surface area contributed by atoms with Crippen LogP contribution < -0.4 is 0 Å². The highest BCUT2D eigenvalue weighted by Crippen LogP contribution is 2.26. The van der Waals surface area contributed by atoms with Crippen LogP contribution in [0, 0.1) is 6.92 Å². The van der Waals surface area contributed by atoms with Gasteiger partial charge in [-0.2, -0.15) is 0 Å². The van der Waals surface area contributed by atoms with Gasteiger partial charge in [0.2, 0.25) is 5.91 Å². The van der Waals surface area contributed by atoms with Crippen molar-refractivity contribution in [3.05, 3.63) is 42.5 Å². The lowest BCUT2D eigenvalue weighted by molar-refractivity contribution is -0.132. The maximum atomic E-state index is 12.3. The molecule has 3 heterocycles. The fourth-order valence-electron chi connectivity index (χ4n) is 3.39. The topological polar surface area (TPSA) is 68.8 Å². The van der Waals surface area contributed by atoms with Gasteiger partial charge in [-0.3, -0.25) is 4.79 Å². The molecular weight excluding hydrogens is 316 g/mol. The first kappa shape index (κ1) is 17.4. The van der Waals surface area contributed by atoms with Crippen molar-refractivity contribution in [1.29, 1.82) is 0 Å². The third-order valence-corrected chi connectivity index (χ3v) is 4.94. The number of carbonyl (C=O) groups is 1. The fourth-order valence-corrected chi connectivity index (χ4v) is 3.39. The minimum absolute atomic E-state index is 0.209. The summed E-state index contributed by atoms with van der Waals surface area (Å²) in [5.41, 5.74) is 0. The number of allylic oxidation sites excluding steroid dienone is 1. The molecule has 0 N–H and O–H groups in total. The summed E-state index contributed by atoms with van der Waals surface area (Å²) in [6, 6.07) is 0. The molecule has 0 unspecified atom stereocenters. The van der Waals surface area contributed by atoms with Crippen molar-refractivity contribution in [3.8, 4) is 0 Å². The van der Waals surface area contributed by atoms with Crippen LogP contribution in [0.5, 0.6) is 0 Å². The first-order chi connectivity index (χ1) is 12.1. The van der Waals surface area contributed by atoms with E-state index in [2.05, 4.69) is 30.9 Å². The van der Waals surface area contributed by atoms with Gasteiger partial charge in [0.05, 0.1) is 6.54 Å². The first-order valence-electron chi connectivity index (χ1n) is 8.84. The molecule has 7 heteroatoms. The smallest absolute Gasteiger partial charge is 0.222 e. The summed E-state index contributed by atoms with van der Waals surface area (Å²) in [5, 5.41) is 8.80. The van der Waals surface area contributed by atoms with Crippen molar-refractivity contribution in [1.82, 2.24) is 29.2 Å². The van der Waals surface area contributed by atoms with Crippen LogP contribution in [0.25, 0.3) is 0 Å². The lowest BCUT2D eigenvalue weighted by Gasteiger charge is -2.32. The second-order valence-electron chi connectivity index (χ2n) is 6.64. The SMILES string of the molecule is C=CCCC(=O)N1CCC[C@H](c2nnc(Cn3ccnc3C)n2C)C1. The standard InChI is InChI=1S/C18H26N6O/c1-4-5-8-17(25)24-10-6-7-15(12-24)18-21-20-16(22(18)3)13-23-11-9-19-14(23)2/h4,9,11,15H,1,5-8,10,12-13H2,2-3H3/t15-/m0/s1. The zero-order valence-electron chi connectivity index (χ0n) is 15.1. The van der Waals surface area contributed by atoms with Crippen LogP contribution in [0.15, 0.2) is 25.0 Å². The van der Waals surface area contributed by atoms with Gasteiger partial charge < -0.3 is 14.0 Å². The van der Waals surface area contributed by atoms with Crippen molar-refractivity contribution in [2.45, 2.75) is 45.1 Å². The molecule has 2 aromatic heterocycles.